The number of hydrogen-bond donors (Lipinski definition) is 2. The second kappa shape index (κ2) is 2.92. The van der Waals surface area contributed by atoms with Gasteiger partial charge in [0, 0.05) is 12.2 Å². The molecule has 1 rings (SSSR count). The van der Waals surface area contributed by atoms with Crippen LogP contribution in [-0.4, -0.2) is 28.2 Å². The Balaban J connectivity index is 2.69. The maximum absolute atomic E-state index is 9.32. The van der Waals surface area contributed by atoms with Crippen molar-refractivity contribution in [1.82, 2.24) is 4.90 Å². The van der Waals surface area contributed by atoms with Crippen LogP contribution in [0.1, 0.15) is 13.8 Å². The summed E-state index contributed by atoms with van der Waals surface area (Å²) in [4.78, 5) is 5.49. The van der Waals surface area contributed by atoms with E-state index in [1.54, 1.807) is 17.2 Å². The molecule has 0 radical (unpaired) electrons. The molecule has 1 atom stereocenters. The lowest BCUT2D eigenvalue weighted by Crippen LogP contribution is -2.38. The van der Waals surface area contributed by atoms with Crippen LogP contribution >= 0.6 is 0 Å². The van der Waals surface area contributed by atoms with E-state index in [1.807, 2.05) is 13.8 Å². The van der Waals surface area contributed by atoms with Crippen molar-refractivity contribution in [2.24, 2.45) is 10.7 Å². The molecule has 0 aliphatic carbocycles. The minimum atomic E-state index is -0.819. The summed E-state index contributed by atoms with van der Waals surface area (Å²) in [5.74, 6) is 0.370. The van der Waals surface area contributed by atoms with E-state index < -0.39 is 6.35 Å². The Kier molecular flexibility index (Phi) is 2.14. The number of nitrogens with two attached hydrogens (primary N) is 1. The van der Waals surface area contributed by atoms with Gasteiger partial charge in [0.25, 0.3) is 0 Å². The van der Waals surface area contributed by atoms with Crippen LogP contribution < -0.4 is 5.73 Å². The van der Waals surface area contributed by atoms with Gasteiger partial charge < -0.3 is 15.7 Å². The summed E-state index contributed by atoms with van der Waals surface area (Å²) >= 11 is 0. The molecule has 4 heteroatoms. The van der Waals surface area contributed by atoms with E-state index in [4.69, 9.17) is 5.73 Å². The van der Waals surface area contributed by atoms with Crippen LogP contribution in [-0.2, 0) is 0 Å². The highest BCUT2D eigenvalue weighted by atomic mass is 16.3. The molecule has 0 aromatic rings. The van der Waals surface area contributed by atoms with Gasteiger partial charge in [0.1, 0.15) is 5.84 Å². The van der Waals surface area contributed by atoms with Gasteiger partial charge in [-0.3, -0.25) is 0 Å². The normalized spacial score (nSPS) is 24.2. The molecule has 1 heterocycles. The Morgan fingerprint density at radius 1 is 1.73 bits per heavy atom. The molecular formula is C7H13N3O. The zero-order chi connectivity index (χ0) is 8.43. The third-order valence-corrected chi connectivity index (χ3v) is 1.54. The molecule has 0 amide bonds. The summed E-state index contributed by atoms with van der Waals surface area (Å²) in [6.45, 7) is 3.95. The first-order chi connectivity index (χ1) is 5.11. The van der Waals surface area contributed by atoms with Crippen LogP contribution in [0.25, 0.3) is 0 Å². The van der Waals surface area contributed by atoms with Gasteiger partial charge in [0.15, 0.2) is 0 Å². The van der Waals surface area contributed by atoms with Crippen molar-refractivity contribution < 1.29 is 5.11 Å². The highest BCUT2D eigenvalue weighted by Gasteiger charge is 2.16. The fraction of sp³-hybridized carbons (Fsp3) is 0.571. The Labute approximate surface area is 66.0 Å². The number of aliphatic hydroxyl groups excluding tert-OH is 1. The molecule has 3 N–H and O–H groups in total. The summed E-state index contributed by atoms with van der Waals surface area (Å²) in [6.07, 6.45) is 2.60. The second-order valence-electron chi connectivity index (χ2n) is 2.76. The summed E-state index contributed by atoms with van der Waals surface area (Å²) in [5.41, 5.74) is 5.36. The van der Waals surface area contributed by atoms with Gasteiger partial charge >= 0.3 is 0 Å². The fourth-order valence-electron chi connectivity index (χ4n) is 0.921. The van der Waals surface area contributed by atoms with Crippen molar-refractivity contribution in [3.05, 3.63) is 12.3 Å². The van der Waals surface area contributed by atoms with Crippen LogP contribution in [0.5, 0.6) is 0 Å². The summed E-state index contributed by atoms with van der Waals surface area (Å²) in [6, 6.07) is 0.234. The number of rotatable bonds is 1. The molecule has 1 unspecified atom stereocenters. The molecule has 1 aliphatic heterocycles. The molecule has 0 bridgehead atoms. The minimum Gasteiger partial charge on any atom is -0.384 e. The molecular weight excluding hydrogens is 142 g/mol. The first-order valence-corrected chi connectivity index (χ1v) is 3.58. The number of hydrogen-bond acceptors (Lipinski definition) is 4. The number of nitrogens with zero attached hydrogens (tertiary/aromatic N) is 2. The molecule has 0 fully saturated rings. The van der Waals surface area contributed by atoms with Crippen LogP contribution in [0.4, 0.5) is 0 Å². The second-order valence-corrected chi connectivity index (χ2v) is 2.76. The Morgan fingerprint density at radius 2 is 2.36 bits per heavy atom. The number of aliphatic hydroxyl groups is 1. The Bertz CT molecular complexity index is 198. The molecule has 0 saturated heterocycles. The summed E-state index contributed by atoms with van der Waals surface area (Å²) in [7, 11) is 0. The van der Waals surface area contributed by atoms with E-state index >= 15 is 0 Å². The Morgan fingerprint density at radius 3 is 2.82 bits per heavy atom. The average Bonchev–Trinajstić information content (AvgIpc) is 1.85. The van der Waals surface area contributed by atoms with E-state index in [2.05, 4.69) is 4.99 Å². The molecule has 62 valence electrons. The predicted octanol–water partition coefficient (Wildman–Crippen LogP) is -0.143. The third-order valence-electron chi connectivity index (χ3n) is 1.54. The van der Waals surface area contributed by atoms with E-state index in [-0.39, 0.29) is 6.04 Å². The van der Waals surface area contributed by atoms with Crippen molar-refractivity contribution in [3.8, 4) is 0 Å². The number of aliphatic imine (C=N–C) groups is 1. The van der Waals surface area contributed by atoms with E-state index in [9.17, 15) is 5.11 Å². The highest BCUT2D eigenvalue weighted by Crippen LogP contribution is 2.08. The van der Waals surface area contributed by atoms with E-state index in [1.165, 1.54) is 0 Å². The fourth-order valence-corrected chi connectivity index (χ4v) is 0.921. The third kappa shape index (κ3) is 1.71. The molecule has 0 saturated carbocycles. The maximum Gasteiger partial charge on any atom is 0.227 e. The SMILES string of the molecule is CC(C)N1C=CC(N)=NC1O. The van der Waals surface area contributed by atoms with Crippen molar-refractivity contribution in [3.63, 3.8) is 0 Å². The van der Waals surface area contributed by atoms with E-state index in [0.29, 0.717) is 5.84 Å². The summed E-state index contributed by atoms with van der Waals surface area (Å²) in [5, 5.41) is 9.32. The van der Waals surface area contributed by atoms with Gasteiger partial charge in [-0.15, -0.1) is 0 Å². The largest absolute Gasteiger partial charge is 0.384 e. The molecule has 0 aromatic heterocycles. The summed E-state index contributed by atoms with van der Waals surface area (Å²) < 4.78 is 0. The van der Waals surface area contributed by atoms with Crippen LogP contribution in [0.15, 0.2) is 17.3 Å². The number of amidine groups is 1. The average molecular weight is 155 g/mol. The van der Waals surface area contributed by atoms with Crippen molar-refractivity contribution in [2.75, 3.05) is 0 Å². The predicted molar refractivity (Wildman–Crippen MR) is 43.7 cm³/mol. The lowest BCUT2D eigenvalue weighted by atomic mass is 10.3. The van der Waals surface area contributed by atoms with Gasteiger partial charge in [-0.05, 0) is 19.9 Å². The molecule has 0 spiro atoms. The van der Waals surface area contributed by atoms with Crippen LogP contribution in [0.2, 0.25) is 0 Å². The Hall–Kier alpha value is -1.03. The van der Waals surface area contributed by atoms with Crippen LogP contribution in [0.3, 0.4) is 0 Å². The highest BCUT2D eigenvalue weighted by molar-refractivity contribution is 5.91. The van der Waals surface area contributed by atoms with Gasteiger partial charge in [0.05, 0.1) is 0 Å². The maximum atomic E-state index is 9.32. The van der Waals surface area contributed by atoms with Gasteiger partial charge in [-0.25, -0.2) is 4.99 Å². The first-order valence-electron chi connectivity index (χ1n) is 3.58. The van der Waals surface area contributed by atoms with Crippen molar-refractivity contribution in [2.45, 2.75) is 26.2 Å². The molecule has 1 aliphatic rings. The quantitative estimate of drug-likeness (QED) is 0.554. The lowest BCUT2D eigenvalue weighted by molar-refractivity contribution is 0.0250. The van der Waals surface area contributed by atoms with Crippen molar-refractivity contribution >= 4 is 5.84 Å². The molecule has 4 nitrogen and oxygen atoms in total. The lowest BCUT2D eigenvalue weighted by Gasteiger charge is -2.29. The van der Waals surface area contributed by atoms with Crippen LogP contribution in [0, 0.1) is 0 Å². The van der Waals surface area contributed by atoms with Crippen molar-refractivity contribution in [1.29, 1.82) is 0 Å². The van der Waals surface area contributed by atoms with Gasteiger partial charge in [0.2, 0.25) is 6.35 Å². The topological polar surface area (TPSA) is 61.8 Å². The monoisotopic (exact) mass is 155 g/mol. The molecule has 11 heavy (non-hydrogen) atoms. The van der Waals surface area contributed by atoms with Gasteiger partial charge in [-0.1, -0.05) is 0 Å². The zero-order valence-corrected chi connectivity index (χ0v) is 6.73. The minimum absolute atomic E-state index is 0.234. The molecule has 0 aromatic carbocycles. The zero-order valence-electron chi connectivity index (χ0n) is 6.73. The standard InChI is InChI=1S/C7H13N3O/c1-5(2)10-4-3-6(8)9-7(10)11/h3-5,7,11H,1-2H3,(H2,8,9). The smallest absolute Gasteiger partial charge is 0.227 e. The van der Waals surface area contributed by atoms with E-state index in [0.717, 1.165) is 0 Å². The first kappa shape index (κ1) is 8.07. The van der Waals surface area contributed by atoms with Gasteiger partial charge in [-0.2, -0.15) is 0 Å².